The molecule has 1 aromatic rings. The molecule has 11 heavy (non-hydrogen) atoms. The maximum Gasteiger partial charge on any atom is 0.0508 e. The van der Waals surface area contributed by atoms with Gasteiger partial charge in [0.05, 0.1) is 5.69 Å². The molecule has 0 bridgehead atoms. The summed E-state index contributed by atoms with van der Waals surface area (Å²) in [5, 5.41) is 3.41. The average molecular weight is 165 g/mol. The quantitative estimate of drug-likeness (QED) is 0.634. The molecule has 0 amide bonds. The van der Waals surface area contributed by atoms with E-state index in [9.17, 15) is 0 Å². The van der Waals surface area contributed by atoms with Crippen molar-refractivity contribution in [3.05, 3.63) is 23.8 Å². The molecule has 0 unspecified atom stereocenters. The third-order valence-electron chi connectivity index (χ3n) is 1.90. The number of nitrogens with one attached hydrogen (secondary N) is 1. The summed E-state index contributed by atoms with van der Waals surface area (Å²) in [6, 6.07) is 6.45. The molecule has 1 aliphatic rings. The molecule has 1 nitrogen and oxygen atoms in total. The molecule has 0 atom stereocenters. The molecule has 2 rings (SSSR count). The summed E-state index contributed by atoms with van der Waals surface area (Å²) in [4.78, 5) is 1.40. The zero-order valence-electron chi connectivity index (χ0n) is 6.55. The van der Waals surface area contributed by atoms with E-state index in [0.717, 1.165) is 6.54 Å². The van der Waals surface area contributed by atoms with E-state index in [1.165, 1.54) is 21.9 Å². The number of fused-ring (bicyclic) bond motifs is 1. The fourth-order valence-corrected chi connectivity index (χ4v) is 2.30. The van der Waals surface area contributed by atoms with Gasteiger partial charge in [-0.1, -0.05) is 12.1 Å². The summed E-state index contributed by atoms with van der Waals surface area (Å²) < 4.78 is 0. The fraction of sp³-hybridized carbons (Fsp3) is 0.333. The molecule has 2 heteroatoms. The molecule has 0 radical (unpaired) electrons. The normalized spacial score (nSPS) is 15.4. The Morgan fingerprint density at radius 2 is 2.36 bits per heavy atom. The molecule has 1 N–H and O–H groups in total. The lowest BCUT2D eigenvalue weighted by molar-refractivity contribution is 1.15. The van der Waals surface area contributed by atoms with Gasteiger partial charge in [0.1, 0.15) is 0 Å². The first kappa shape index (κ1) is 7.04. The Kier molecular flexibility index (Phi) is 1.78. The molecular formula is C9H11NS. The predicted molar refractivity (Wildman–Crippen MR) is 50.4 cm³/mol. The van der Waals surface area contributed by atoms with Gasteiger partial charge in [0, 0.05) is 17.2 Å². The number of anilines is 1. The van der Waals surface area contributed by atoms with Crippen molar-refractivity contribution < 1.29 is 0 Å². The topological polar surface area (TPSA) is 12.0 Å². The van der Waals surface area contributed by atoms with E-state index in [0.29, 0.717) is 0 Å². The highest BCUT2D eigenvalue weighted by Gasteiger charge is 2.09. The first-order valence-electron chi connectivity index (χ1n) is 3.84. The second kappa shape index (κ2) is 2.78. The highest BCUT2D eigenvalue weighted by Crippen LogP contribution is 2.32. The first-order valence-corrected chi connectivity index (χ1v) is 4.83. The lowest BCUT2D eigenvalue weighted by atomic mass is 10.2. The number of para-hydroxylation sites is 1. The highest BCUT2D eigenvalue weighted by atomic mass is 32.2. The van der Waals surface area contributed by atoms with Gasteiger partial charge in [-0.15, -0.1) is 11.8 Å². The molecule has 1 aromatic carbocycles. The van der Waals surface area contributed by atoms with Gasteiger partial charge in [0.25, 0.3) is 0 Å². The van der Waals surface area contributed by atoms with E-state index in [-0.39, 0.29) is 0 Å². The van der Waals surface area contributed by atoms with E-state index in [1.807, 2.05) is 11.8 Å². The molecule has 0 aliphatic carbocycles. The standard InChI is InChI=1S/C9H11NS/c1-7-3-2-4-8-9(7)10-5-6-11-8/h2-4,10H,5-6H2,1H3. The van der Waals surface area contributed by atoms with Crippen molar-refractivity contribution in [2.24, 2.45) is 0 Å². The van der Waals surface area contributed by atoms with Crippen LogP contribution in [-0.4, -0.2) is 12.3 Å². The number of hydrogen-bond acceptors (Lipinski definition) is 2. The Labute approximate surface area is 71.2 Å². The van der Waals surface area contributed by atoms with Crippen LogP contribution < -0.4 is 5.32 Å². The van der Waals surface area contributed by atoms with Gasteiger partial charge >= 0.3 is 0 Å². The summed E-state index contributed by atoms with van der Waals surface area (Å²) in [5.41, 5.74) is 2.69. The zero-order chi connectivity index (χ0) is 7.68. The number of benzene rings is 1. The summed E-state index contributed by atoms with van der Waals surface area (Å²) in [7, 11) is 0. The van der Waals surface area contributed by atoms with Gasteiger partial charge in [-0.2, -0.15) is 0 Å². The van der Waals surface area contributed by atoms with Gasteiger partial charge in [-0.05, 0) is 18.6 Å². The van der Waals surface area contributed by atoms with Gasteiger partial charge in [0.15, 0.2) is 0 Å². The van der Waals surface area contributed by atoms with Crippen LogP contribution in [0.3, 0.4) is 0 Å². The summed E-state index contributed by atoms with van der Waals surface area (Å²) in [6.07, 6.45) is 0. The summed E-state index contributed by atoms with van der Waals surface area (Å²) in [6.45, 7) is 3.25. The van der Waals surface area contributed by atoms with Crippen molar-refractivity contribution in [2.75, 3.05) is 17.6 Å². The lowest BCUT2D eigenvalue weighted by Crippen LogP contribution is -2.10. The van der Waals surface area contributed by atoms with Crippen LogP contribution in [0.4, 0.5) is 5.69 Å². The summed E-state index contributed by atoms with van der Waals surface area (Å²) >= 11 is 1.94. The van der Waals surface area contributed by atoms with Crippen molar-refractivity contribution in [3.8, 4) is 0 Å². The van der Waals surface area contributed by atoms with Gasteiger partial charge in [0.2, 0.25) is 0 Å². The molecular weight excluding hydrogens is 154 g/mol. The van der Waals surface area contributed by atoms with Gasteiger partial charge < -0.3 is 5.32 Å². The molecule has 0 saturated carbocycles. The average Bonchev–Trinajstić information content (AvgIpc) is 2.06. The van der Waals surface area contributed by atoms with E-state index in [2.05, 4.69) is 30.4 Å². The first-order chi connectivity index (χ1) is 5.38. The van der Waals surface area contributed by atoms with E-state index in [1.54, 1.807) is 0 Å². The highest BCUT2D eigenvalue weighted by molar-refractivity contribution is 7.99. The number of aryl methyl sites for hydroxylation is 1. The van der Waals surface area contributed by atoms with Crippen LogP contribution >= 0.6 is 11.8 Å². The van der Waals surface area contributed by atoms with E-state index < -0.39 is 0 Å². The second-order valence-corrected chi connectivity index (χ2v) is 3.86. The fourth-order valence-electron chi connectivity index (χ4n) is 1.32. The Hall–Kier alpha value is -0.630. The van der Waals surface area contributed by atoms with Crippen molar-refractivity contribution >= 4 is 17.4 Å². The SMILES string of the molecule is Cc1cccc2c1NCCS2. The van der Waals surface area contributed by atoms with Crippen molar-refractivity contribution in [3.63, 3.8) is 0 Å². The third kappa shape index (κ3) is 1.23. The molecule has 1 aliphatic heterocycles. The number of rotatable bonds is 0. The molecule has 0 aromatic heterocycles. The largest absolute Gasteiger partial charge is 0.383 e. The minimum atomic E-state index is 1.10. The Bertz CT molecular complexity index is 270. The molecule has 0 spiro atoms. The smallest absolute Gasteiger partial charge is 0.0508 e. The number of thioether (sulfide) groups is 1. The van der Waals surface area contributed by atoms with Gasteiger partial charge in [-0.25, -0.2) is 0 Å². The Morgan fingerprint density at radius 3 is 3.18 bits per heavy atom. The molecule has 1 heterocycles. The lowest BCUT2D eigenvalue weighted by Gasteiger charge is -2.18. The monoisotopic (exact) mass is 165 g/mol. The number of hydrogen-bond donors (Lipinski definition) is 1. The van der Waals surface area contributed by atoms with E-state index in [4.69, 9.17) is 0 Å². The molecule has 58 valence electrons. The van der Waals surface area contributed by atoms with Gasteiger partial charge in [-0.3, -0.25) is 0 Å². The minimum Gasteiger partial charge on any atom is -0.383 e. The van der Waals surface area contributed by atoms with Crippen LogP contribution in [0.15, 0.2) is 23.1 Å². The Morgan fingerprint density at radius 1 is 1.45 bits per heavy atom. The van der Waals surface area contributed by atoms with Crippen LogP contribution in [0.2, 0.25) is 0 Å². The van der Waals surface area contributed by atoms with Crippen molar-refractivity contribution in [1.29, 1.82) is 0 Å². The second-order valence-electron chi connectivity index (χ2n) is 2.72. The Balaban J connectivity index is 2.49. The van der Waals surface area contributed by atoms with Crippen LogP contribution in [0.25, 0.3) is 0 Å². The third-order valence-corrected chi connectivity index (χ3v) is 2.96. The molecule has 0 saturated heterocycles. The van der Waals surface area contributed by atoms with Crippen molar-refractivity contribution in [1.82, 2.24) is 0 Å². The van der Waals surface area contributed by atoms with Crippen LogP contribution in [0, 0.1) is 6.92 Å². The van der Waals surface area contributed by atoms with Crippen molar-refractivity contribution in [2.45, 2.75) is 11.8 Å². The van der Waals surface area contributed by atoms with Crippen LogP contribution in [0.1, 0.15) is 5.56 Å². The van der Waals surface area contributed by atoms with Crippen LogP contribution in [0.5, 0.6) is 0 Å². The predicted octanol–water partition coefficient (Wildman–Crippen LogP) is 2.51. The maximum absolute atomic E-state index is 3.41. The maximum atomic E-state index is 3.41. The zero-order valence-corrected chi connectivity index (χ0v) is 7.37. The molecule has 0 fully saturated rings. The van der Waals surface area contributed by atoms with Crippen LogP contribution in [-0.2, 0) is 0 Å². The minimum absolute atomic E-state index is 1.10. The summed E-state index contributed by atoms with van der Waals surface area (Å²) in [5.74, 6) is 1.19. The van der Waals surface area contributed by atoms with E-state index >= 15 is 0 Å².